The van der Waals surface area contributed by atoms with Crippen molar-refractivity contribution in [3.05, 3.63) is 44.6 Å². The number of aryl methyl sites for hydroxylation is 1. The molecule has 4 fully saturated rings. The van der Waals surface area contributed by atoms with E-state index < -0.39 is 191 Å². The molecule has 1 aliphatic carbocycles. The molecule has 0 spiro atoms. The highest BCUT2D eigenvalue weighted by atomic mass is 16.6. The van der Waals surface area contributed by atoms with Crippen LogP contribution in [0.5, 0.6) is 0 Å². The van der Waals surface area contributed by atoms with Gasteiger partial charge >= 0.3 is 11.9 Å². The highest BCUT2D eigenvalue weighted by Crippen LogP contribution is 2.35. The van der Waals surface area contributed by atoms with Crippen LogP contribution in [0, 0.1) is 37.5 Å². The Kier molecular flexibility index (Phi) is 20.5. The Hall–Kier alpha value is -8.72. The molecule has 4 saturated heterocycles. The van der Waals surface area contributed by atoms with Crippen LogP contribution in [0.4, 0.5) is 5.69 Å². The van der Waals surface area contributed by atoms with Gasteiger partial charge in [-0.3, -0.25) is 52.7 Å². The Morgan fingerprint density at radius 2 is 1.07 bits per heavy atom. The first-order chi connectivity index (χ1) is 41.6. The van der Waals surface area contributed by atoms with Crippen LogP contribution in [0.25, 0.3) is 22.6 Å². The summed E-state index contributed by atoms with van der Waals surface area (Å²) in [6.07, 6.45) is -2.09. The third-order valence-corrected chi connectivity index (χ3v) is 17.3. The molecule has 5 aliphatic heterocycles. The van der Waals surface area contributed by atoms with Gasteiger partial charge in [0.25, 0.3) is 11.8 Å². The zero-order chi connectivity index (χ0) is 66.3. The van der Waals surface area contributed by atoms with E-state index in [1.807, 2.05) is 0 Å². The van der Waals surface area contributed by atoms with Crippen LogP contribution in [-0.2, 0) is 57.4 Å². The SMILES string of the molecule is Cc1c2oc3c(C)ccc(C(=O)N[C@@H]4C(=O)N[C@H](C(C)C)C(=O)N5CCC[C@H]5C(=O)N(C)CC(=O)N(C)[C@@H](C(C)C)C(=O)O[C@@H]4C)c3nc-2c(C(=O)N[C@@H]2C(=O)N[C@@H](C(C)C)C(=O)N3CC[C@H]3C(=O)N(C)CC(=O)N(C)[C@@H](C(C)C)C(=O)O[C@@H]2C)c(N)c1=O. The number of anilines is 1. The maximum Gasteiger partial charge on any atom is 0.329 e. The number of ether oxygens (including phenoxy) is 2. The molecular formula is C61H84N12O16. The molecular weight excluding hydrogens is 1160 g/mol. The van der Waals surface area contributed by atoms with Crippen molar-refractivity contribution < 1.29 is 71.4 Å². The van der Waals surface area contributed by atoms with E-state index in [0.29, 0.717) is 12.0 Å². The predicted molar refractivity (Wildman–Crippen MR) is 321 cm³/mol. The Morgan fingerprint density at radius 1 is 0.618 bits per heavy atom. The number of rotatable bonds is 8. The molecule has 0 saturated carbocycles. The van der Waals surface area contributed by atoms with Gasteiger partial charge in [0.2, 0.25) is 52.7 Å². The Bertz CT molecular complexity index is 3400. The van der Waals surface area contributed by atoms with Crippen molar-refractivity contribution in [2.45, 2.75) is 163 Å². The molecule has 7 rings (SSSR count). The van der Waals surface area contributed by atoms with Gasteiger partial charge in [0, 0.05) is 46.8 Å². The molecule has 28 heteroatoms. The lowest BCUT2D eigenvalue weighted by Crippen LogP contribution is -2.65. The molecule has 484 valence electrons. The summed E-state index contributed by atoms with van der Waals surface area (Å²) in [5.41, 5.74) is 3.54. The molecule has 6 N–H and O–H groups in total. The Balaban J connectivity index is 1.32. The lowest BCUT2D eigenvalue weighted by molar-refractivity contribution is -0.164. The van der Waals surface area contributed by atoms with Gasteiger partial charge in [0.1, 0.15) is 71.8 Å². The number of fused-ring (bicyclic) bond motifs is 4. The molecule has 1 aromatic carbocycles. The fourth-order valence-electron chi connectivity index (χ4n) is 11.9. The minimum absolute atomic E-state index is 0.0770. The van der Waals surface area contributed by atoms with Crippen molar-refractivity contribution in [3.8, 4) is 11.5 Å². The quantitative estimate of drug-likeness (QED) is 0.115. The van der Waals surface area contributed by atoms with Crippen molar-refractivity contribution in [2.24, 2.45) is 23.7 Å². The van der Waals surface area contributed by atoms with E-state index >= 15 is 9.59 Å². The third-order valence-electron chi connectivity index (χ3n) is 17.3. The number of nitrogens with one attached hydrogen (secondary N) is 4. The average molecular weight is 1240 g/mol. The van der Waals surface area contributed by atoms with Gasteiger partial charge in [-0.05, 0) is 82.3 Å². The van der Waals surface area contributed by atoms with Crippen LogP contribution in [0.2, 0.25) is 0 Å². The van der Waals surface area contributed by atoms with Gasteiger partial charge in [-0.1, -0.05) is 61.5 Å². The van der Waals surface area contributed by atoms with Gasteiger partial charge in [-0.2, -0.15) is 0 Å². The van der Waals surface area contributed by atoms with Crippen molar-refractivity contribution in [3.63, 3.8) is 0 Å². The number of carbonyl (C=O) groups is 12. The predicted octanol–water partition coefficient (Wildman–Crippen LogP) is 0.336. The number of hydrogen-bond donors (Lipinski definition) is 5. The standard InChI is InChI=1S/C61H84N12O16/c1-26(2)41-58(83)72-22-17-18-35(72)56(81)68(13)24-37(74)70(15)47(28(5)6)60(85)87-32(11)43(54(79)64-41)66-52(77)34-20-19-30(9)50-45(34)63-46-39(40(62)49(76)31(10)51(46)89-50)53(78)67-44-33(12)88-61(86)48(29(7)8)71(16)38(75)25-69(14)57(82)36-21-23-73(36)59(84)42(27(3)4)65-55(44)80/h19-20,26-29,32-33,35-36,41-44,47-48H,17-18,21-25,62H2,1-16H3,(H,64,79)(H,65,80)(H,66,77)(H,67,78)/t32-,33-,35+,36+,41-,42+,43+,44+,47+,48+/m1/s1. The van der Waals surface area contributed by atoms with E-state index in [2.05, 4.69) is 21.3 Å². The number of likely N-dealkylation sites (N-methyl/N-ethyl adjacent to an activating group) is 4. The number of carbonyl (C=O) groups excluding carboxylic acids is 12. The Morgan fingerprint density at radius 3 is 1.51 bits per heavy atom. The van der Waals surface area contributed by atoms with Crippen LogP contribution in [0.15, 0.2) is 21.3 Å². The van der Waals surface area contributed by atoms with E-state index in [4.69, 9.17) is 24.6 Å². The van der Waals surface area contributed by atoms with Gasteiger partial charge in [-0.15, -0.1) is 0 Å². The maximum atomic E-state index is 15.1. The zero-order valence-corrected chi connectivity index (χ0v) is 53.4. The van der Waals surface area contributed by atoms with Crippen LogP contribution < -0.4 is 32.4 Å². The molecule has 10 amide bonds. The first kappa shape index (κ1) is 67.8. The van der Waals surface area contributed by atoms with Crippen molar-refractivity contribution in [1.82, 2.24) is 55.7 Å². The number of nitrogens with two attached hydrogens (primary N) is 1. The third kappa shape index (κ3) is 13.5. The van der Waals surface area contributed by atoms with E-state index in [1.54, 1.807) is 62.3 Å². The molecule has 0 bridgehead atoms. The van der Waals surface area contributed by atoms with Crippen molar-refractivity contribution in [2.75, 3.05) is 60.1 Å². The highest BCUT2D eigenvalue weighted by molar-refractivity contribution is 6.10. The summed E-state index contributed by atoms with van der Waals surface area (Å²) in [5, 5.41) is 10.6. The van der Waals surface area contributed by atoms with Gasteiger partial charge < -0.3 is 70.3 Å². The summed E-state index contributed by atoms with van der Waals surface area (Å²) in [6, 6.07) is -7.87. The van der Waals surface area contributed by atoms with Crippen molar-refractivity contribution in [1.29, 1.82) is 0 Å². The summed E-state index contributed by atoms with van der Waals surface area (Å²) in [7, 11) is 5.56. The smallest absolute Gasteiger partial charge is 0.329 e. The number of cyclic esters (lactones) is 2. The summed E-state index contributed by atoms with van der Waals surface area (Å²) >= 11 is 0. The molecule has 10 atom stereocenters. The molecule has 0 radical (unpaired) electrons. The monoisotopic (exact) mass is 1240 g/mol. The molecule has 6 aliphatic rings. The highest BCUT2D eigenvalue weighted by Gasteiger charge is 2.47. The molecule has 0 aromatic heterocycles. The minimum atomic E-state index is -1.88. The molecule has 89 heavy (non-hydrogen) atoms. The summed E-state index contributed by atoms with van der Waals surface area (Å²) in [6.45, 7) is 18.3. The van der Waals surface area contributed by atoms with E-state index in [-0.39, 0.29) is 53.9 Å². The van der Waals surface area contributed by atoms with E-state index in [0.717, 1.165) is 9.80 Å². The fourth-order valence-corrected chi connectivity index (χ4v) is 11.9. The summed E-state index contributed by atoms with van der Waals surface area (Å²) in [5.74, 6) is -12.4. The fraction of sp³-hybridized carbons (Fsp3) is 0.607. The lowest BCUT2D eigenvalue weighted by Gasteiger charge is -2.44. The second kappa shape index (κ2) is 26.9. The van der Waals surface area contributed by atoms with Crippen molar-refractivity contribution >= 4 is 87.8 Å². The number of aromatic nitrogens is 1. The largest absolute Gasteiger partial charge is 0.458 e. The number of amides is 10. The molecule has 5 heterocycles. The first-order valence-corrected chi connectivity index (χ1v) is 30.0. The minimum Gasteiger partial charge on any atom is -0.458 e. The van der Waals surface area contributed by atoms with Crippen LogP contribution in [0.1, 0.15) is 120 Å². The summed E-state index contributed by atoms with van der Waals surface area (Å²) < 4.78 is 18.3. The van der Waals surface area contributed by atoms with Crippen LogP contribution in [-0.4, -0.2) is 220 Å². The number of benzene rings is 2. The van der Waals surface area contributed by atoms with Gasteiger partial charge in [0.15, 0.2) is 11.3 Å². The van der Waals surface area contributed by atoms with E-state index in [9.17, 15) is 52.7 Å². The van der Waals surface area contributed by atoms with Crippen LogP contribution >= 0.6 is 0 Å². The topological polar surface area (TPSA) is 360 Å². The molecule has 28 nitrogen and oxygen atoms in total. The molecule has 1 aromatic rings. The van der Waals surface area contributed by atoms with Gasteiger partial charge in [0.05, 0.1) is 29.9 Å². The first-order valence-electron chi connectivity index (χ1n) is 30.0. The number of esters is 2. The maximum absolute atomic E-state index is 15.1. The second-order valence-corrected chi connectivity index (χ2v) is 25.2. The molecule has 0 unspecified atom stereocenters. The number of nitrogen functional groups attached to an aromatic ring is 1. The Labute approximate surface area is 515 Å². The summed E-state index contributed by atoms with van der Waals surface area (Å²) in [4.78, 5) is 198. The zero-order valence-electron chi connectivity index (χ0n) is 53.4. The lowest BCUT2D eigenvalue weighted by atomic mass is 9.95. The average Bonchev–Trinajstić information content (AvgIpc) is 1.14. The number of hydrogen-bond acceptors (Lipinski definition) is 18. The van der Waals surface area contributed by atoms with Crippen LogP contribution in [0.3, 0.4) is 0 Å². The van der Waals surface area contributed by atoms with E-state index in [1.165, 1.54) is 80.7 Å². The number of nitrogens with zero attached hydrogens (tertiary/aromatic N) is 7. The normalized spacial score (nSPS) is 26.2. The second-order valence-electron chi connectivity index (χ2n) is 25.2. The van der Waals surface area contributed by atoms with Gasteiger partial charge in [-0.25, -0.2) is 14.6 Å².